The van der Waals surface area contributed by atoms with Crippen LogP contribution >= 0.6 is 46.4 Å². The van der Waals surface area contributed by atoms with Crippen LogP contribution in [0.3, 0.4) is 0 Å². The van der Waals surface area contributed by atoms with Crippen LogP contribution < -0.4 is 10.0 Å². The molecular formula is C20H13Cl4N3O5S. The van der Waals surface area contributed by atoms with Crippen LogP contribution in [0, 0.1) is 0 Å². The normalized spacial score (nSPS) is 11.0. The lowest BCUT2D eigenvalue weighted by atomic mass is 10.2. The third-order valence-electron chi connectivity index (χ3n) is 3.94. The number of carbonyl (C=O) groups is 2. The molecule has 0 fully saturated rings. The van der Waals surface area contributed by atoms with E-state index < -0.39 is 33.4 Å². The summed E-state index contributed by atoms with van der Waals surface area (Å²) in [5.74, 6) is -1.51. The zero-order valence-corrected chi connectivity index (χ0v) is 20.2. The average Bonchev–Trinajstić information content (AvgIpc) is 2.73. The van der Waals surface area contributed by atoms with Gasteiger partial charge in [0.15, 0.2) is 6.61 Å². The number of halogens is 4. The topological polar surface area (TPSA) is 114 Å². The fourth-order valence-electron chi connectivity index (χ4n) is 2.49. The minimum absolute atomic E-state index is 0.161. The number of sulfonamides is 1. The number of aromatic nitrogens is 1. The maximum atomic E-state index is 12.8. The number of esters is 1. The molecule has 172 valence electrons. The van der Waals surface area contributed by atoms with Crippen LogP contribution in [0.15, 0.2) is 59.6 Å². The van der Waals surface area contributed by atoms with Crippen molar-refractivity contribution in [3.8, 4) is 0 Å². The molecule has 0 aliphatic carbocycles. The molecule has 8 nitrogen and oxygen atoms in total. The molecule has 1 amide bonds. The highest BCUT2D eigenvalue weighted by Gasteiger charge is 2.24. The second kappa shape index (κ2) is 10.6. The Kier molecular flexibility index (Phi) is 8.04. The third-order valence-corrected chi connectivity index (χ3v) is 6.55. The lowest BCUT2D eigenvalue weighted by Crippen LogP contribution is -2.22. The number of nitrogens with one attached hydrogen (secondary N) is 2. The van der Waals surface area contributed by atoms with Crippen LogP contribution in [0.5, 0.6) is 0 Å². The van der Waals surface area contributed by atoms with Gasteiger partial charge in [-0.1, -0.05) is 52.5 Å². The summed E-state index contributed by atoms with van der Waals surface area (Å²) in [5, 5.41) is 2.72. The van der Waals surface area contributed by atoms with Gasteiger partial charge in [-0.25, -0.2) is 18.2 Å². The summed E-state index contributed by atoms with van der Waals surface area (Å²) in [6, 6.07) is 11.0. The highest BCUT2D eigenvalue weighted by molar-refractivity contribution is 7.92. The Morgan fingerprint density at radius 1 is 0.939 bits per heavy atom. The number of ether oxygens (including phenoxy) is 1. The molecule has 0 radical (unpaired) electrons. The maximum absolute atomic E-state index is 12.8. The number of nitrogens with zero attached hydrogens (tertiary/aromatic N) is 1. The summed E-state index contributed by atoms with van der Waals surface area (Å²) in [4.78, 5) is 27.9. The van der Waals surface area contributed by atoms with Crippen LogP contribution in [0.4, 0.5) is 11.5 Å². The van der Waals surface area contributed by atoms with Gasteiger partial charge < -0.3 is 10.1 Å². The Morgan fingerprint density at radius 2 is 1.70 bits per heavy atom. The van der Waals surface area contributed by atoms with E-state index in [-0.39, 0.29) is 27.1 Å². The standard InChI is InChI=1S/C20H13Cl4N3O5S/c21-11-2-1-3-13(6-11)27-33(30,31)17-7-14(15(23)8-16(17)24)20(29)32-10-19(28)26-18-5-4-12(22)9-25-18/h1-9,27H,10H2,(H,25,26,28). The first-order valence-electron chi connectivity index (χ1n) is 8.91. The molecule has 0 bridgehead atoms. The van der Waals surface area contributed by atoms with Crippen molar-refractivity contribution in [3.63, 3.8) is 0 Å². The first-order chi connectivity index (χ1) is 15.5. The lowest BCUT2D eigenvalue weighted by Gasteiger charge is -2.12. The third kappa shape index (κ3) is 6.72. The molecule has 3 rings (SSSR count). The van der Waals surface area contributed by atoms with E-state index in [9.17, 15) is 18.0 Å². The number of benzene rings is 2. The summed E-state index contributed by atoms with van der Waals surface area (Å²) in [5.41, 5.74) is -0.116. The molecule has 0 aliphatic rings. The molecule has 13 heteroatoms. The van der Waals surface area contributed by atoms with E-state index in [4.69, 9.17) is 51.1 Å². The van der Waals surface area contributed by atoms with Crippen LogP contribution in [0.1, 0.15) is 10.4 Å². The van der Waals surface area contributed by atoms with Gasteiger partial charge in [-0.15, -0.1) is 0 Å². The quantitative estimate of drug-likeness (QED) is 0.387. The van der Waals surface area contributed by atoms with Gasteiger partial charge in [-0.2, -0.15) is 0 Å². The van der Waals surface area contributed by atoms with Crippen molar-refractivity contribution < 1.29 is 22.7 Å². The first-order valence-corrected chi connectivity index (χ1v) is 11.9. The second-order valence-electron chi connectivity index (χ2n) is 6.36. The Hall–Kier alpha value is -2.56. The van der Waals surface area contributed by atoms with Crippen molar-refractivity contribution in [2.24, 2.45) is 0 Å². The number of anilines is 2. The van der Waals surface area contributed by atoms with E-state index >= 15 is 0 Å². The minimum atomic E-state index is -4.21. The fraction of sp³-hybridized carbons (Fsp3) is 0.0500. The van der Waals surface area contributed by atoms with Gasteiger partial charge in [0.05, 0.1) is 26.3 Å². The molecule has 0 saturated heterocycles. The zero-order chi connectivity index (χ0) is 24.2. The Labute approximate surface area is 208 Å². The number of carbonyl (C=O) groups excluding carboxylic acids is 2. The summed E-state index contributed by atoms with van der Waals surface area (Å²) in [6.45, 7) is -0.676. The Balaban J connectivity index is 1.75. The molecule has 1 aromatic heterocycles. The van der Waals surface area contributed by atoms with Gasteiger partial charge in [0.1, 0.15) is 10.7 Å². The average molecular weight is 549 g/mol. The van der Waals surface area contributed by atoms with Crippen LogP contribution in [-0.4, -0.2) is 31.9 Å². The highest BCUT2D eigenvalue weighted by atomic mass is 35.5. The van der Waals surface area contributed by atoms with Crippen molar-refractivity contribution in [3.05, 3.63) is 80.4 Å². The van der Waals surface area contributed by atoms with Crippen LogP contribution in [0.2, 0.25) is 20.1 Å². The van der Waals surface area contributed by atoms with E-state index in [1.165, 1.54) is 30.5 Å². The predicted molar refractivity (Wildman–Crippen MR) is 127 cm³/mol. The molecule has 3 aromatic rings. The largest absolute Gasteiger partial charge is 0.452 e. The van der Waals surface area contributed by atoms with Crippen molar-refractivity contribution in [2.75, 3.05) is 16.6 Å². The minimum Gasteiger partial charge on any atom is -0.452 e. The molecule has 0 aliphatic heterocycles. The van der Waals surface area contributed by atoms with E-state index in [1.807, 2.05) is 0 Å². The molecule has 33 heavy (non-hydrogen) atoms. The molecule has 2 aromatic carbocycles. The van der Waals surface area contributed by atoms with Gasteiger partial charge in [0, 0.05) is 11.2 Å². The number of pyridine rings is 1. The summed E-state index contributed by atoms with van der Waals surface area (Å²) >= 11 is 23.7. The van der Waals surface area contributed by atoms with E-state index in [1.54, 1.807) is 12.1 Å². The highest BCUT2D eigenvalue weighted by Crippen LogP contribution is 2.31. The molecule has 0 saturated carbocycles. The first kappa shape index (κ1) is 25.1. The number of hydrogen-bond acceptors (Lipinski definition) is 6. The number of amides is 1. The molecule has 0 spiro atoms. The van der Waals surface area contributed by atoms with Crippen molar-refractivity contribution >= 4 is 79.8 Å². The lowest BCUT2D eigenvalue weighted by molar-refractivity contribution is -0.119. The predicted octanol–water partition coefficient (Wildman–Crippen LogP) is 5.29. The smallest absolute Gasteiger partial charge is 0.340 e. The second-order valence-corrected chi connectivity index (χ2v) is 9.70. The number of hydrogen-bond donors (Lipinski definition) is 2. The zero-order valence-electron chi connectivity index (χ0n) is 16.3. The Morgan fingerprint density at radius 3 is 2.36 bits per heavy atom. The fourth-order valence-corrected chi connectivity index (χ4v) is 4.69. The van der Waals surface area contributed by atoms with Crippen LogP contribution in [0.25, 0.3) is 0 Å². The summed E-state index contributed by atoms with van der Waals surface area (Å²) in [7, 11) is -4.21. The van der Waals surface area contributed by atoms with Gasteiger partial charge in [0.2, 0.25) is 0 Å². The van der Waals surface area contributed by atoms with Gasteiger partial charge in [-0.05, 0) is 42.5 Å². The van der Waals surface area contributed by atoms with E-state index in [2.05, 4.69) is 15.0 Å². The monoisotopic (exact) mass is 547 g/mol. The Bertz CT molecular complexity index is 1320. The summed E-state index contributed by atoms with van der Waals surface area (Å²) in [6.07, 6.45) is 1.33. The van der Waals surface area contributed by atoms with Crippen molar-refractivity contribution in [1.82, 2.24) is 4.98 Å². The molecule has 0 atom stereocenters. The van der Waals surface area contributed by atoms with Crippen molar-refractivity contribution in [1.29, 1.82) is 0 Å². The van der Waals surface area contributed by atoms with E-state index in [0.717, 1.165) is 12.1 Å². The van der Waals surface area contributed by atoms with E-state index in [0.29, 0.717) is 10.0 Å². The SMILES string of the molecule is O=C(COC(=O)c1cc(S(=O)(=O)Nc2cccc(Cl)c2)c(Cl)cc1Cl)Nc1ccc(Cl)cn1. The summed E-state index contributed by atoms with van der Waals surface area (Å²) < 4.78 is 32.9. The molecule has 2 N–H and O–H groups in total. The van der Waals surface area contributed by atoms with Crippen LogP contribution in [-0.2, 0) is 19.6 Å². The maximum Gasteiger partial charge on any atom is 0.340 e. The number of rotatable bonds is 7. The molecule has 0 unspecified atom stereocenters. The van der Waals surface area contributed by atoms with Gasteiger partial charge in [0.25, 0.3) is 15.9 Å². The van der Waals surface area contributed by atoms with Crippen molar-refractivity contribution in [2.45, 2.75) is 4.90 Å². The van der Waals surface area contributed by atoms with Gasteiger partial charge in [-0.3, -0.25) is 9.52 Å². The van der Waals surface area contributed by atoms with Gasteiger partial charge >= 0.3 is 5.97 Å². The molecule has 1 heterocycles. The molecular weight excluding hydrogens is 536 g/mol.